The third-order valence-electron chi connectivity index (χ3n) is 2.66. The highest BCUT2D eigenvalue weighted by molar-refractivity contribution is 5.15. The average molecular weight is 225 g/mol. The van der Waals surface area contributed by atoms with Crippen LogP contribution in [-0.4, -0.2) is 30.0 Å². The highest BCUT2D eigenvalue weighted by atomic mass is 16.5. The lowest BCUT2D eigenvalue weighted by atomic mass is 10.2. The first-order chi connectivity index (χ1) is 7.79. The van der Waals surface area contributed by atoms with Gasteiger partial charge in [0, 0.05) is 24.4 Å². The Kier molecular flexibility index (Phi) is 6.11. The lowest BCUT2D eigenvalue weighted by Gasteiger charge is -2.06. The van der Waals surface area contributed by atoms with Crippen molar-refractivity contribution >= 4 is 0 Å². The van der Waals surface area contributed by atoms with E-state index in [0.29, 0.717) is 0 Å². The zero-order valence-electron chi connectivity index (χ0n) is 10.6. The largest absolute Gasteiger partial charge is 0.380 e. The molecule has 0 aliphatic rings. The van der Waals surface area contributed by atoms with Crippen LogP contribution in [0.2, 0.25) is 0 Å². The topological polar surface area (TPSA) is 39.1 Å². The second-order valence-electron chi connectivity index (χ2n) is 3.97. The van der Waals surface area contributed by atoms with Crippen LogP contribution in [-0.2, 0) is 17.8 Å². The summed E-state index contributed by atoms with van der Waals surface area (Å²) in [5.41, 5.74) is 2.49. The van der Waals surface area contributed by atoms with Crippen molar-refractivity contribution in [2.45, 2.75) is 39.8 Å². The molecule has 0 saturated carbocycles. The minimum Gasteiger partial charge on any atom is -0.380 e. The molecule has 1 heterocycles. The number of aromatic nitrogens is 2. The Bertz CT molecular complexity index is 296. The Hall–Kier alpha value is -0.870. The third-order valence-corrected chi connectivity index (χ3v) is 2.66. The molecule has 1 aromatic heterocycles. The number of hydrogen-bond donors (Lipinski definition) is 1. The van der Waals surface area contributed by atoms with E-state index in [1.54, 1.807) is 0 Å². The Morgan fingerprint density at radius 2 is 2.25 bits per heavy atom. The van der Waals surface area contributed by atoms with Crippen LogP contribution in [0.4, 0.5) is 0 Å². The molecule has 0 aliphatic heterocycles. The molecule has 0 atom stereocenters. The van der Waals surface area contributed by atoms with E-state index >= 15 is 0 Å². The molecule has 4 nitrogen and oxygen atoms in total. The molecule has 1 aromatic rings. The number of hydrogen-bond acceptors (Lipinski definition) is 3. The van der Waals surface area contributed by atoms with Crippen LogP contribution < -0.4 is 5.32 Å². The van der Waals surface area contributed by atoms with E-state index in [1.165, 1.54) is 17.7 Å². The van der Waals surface area contributed by atoms with Crippen molar-refractivity contribution in [2.24, 2.45) is 0 Å². The summed E-state index contributed by atoms with van der Waals surface area (Å²) in [4.78, 5) is 0. The monoisotopic (exact) mass is 225 g/mol. The number of rotatable bonds is 8. The van der Waals surface area contributed by atoms with Crippen molar-refractivity contribution in [1.82, 2.24) is 15.1 Å². The van der Waals surface area contributed by atoms with Crippen molar-refractivity contribution in [1.29, 1.82) is 0 Å². The average Bonchev–Trinajstić information content (AvgIpc) is 2.62. The molecule has 0 bridgehead atoms. The fourth-order valence-electron chi connectivity index (χ4n) is 1.57. The Morgan fingerprint density at radius 3 is 2.94 bits per heavy atom. The van der Waals surface area contributed by atoms with E-state index in [9.17, 15) is 0 Å². The van der Waals surface area contributed by atoms with Crippen molar-refractivity contribution in [2.75, 3.05) is 20.3 Å². The summed E-state index contributed by atoms with van der Waals surface area (Å²) in [5, 5.41) is 7.49. The van der Waals surface area contributed by atoms with Gasteiger partial charge in [-0.2, -0.15) is 5.10 Å². The van der Waals surface area contributed by atoms with E-state index < -0.39 is 0 Å². The number of nitrogens with one attached hydrogen (secondary N) is 1. The molecule has 0 unspecified atom stereocenters. The summed E-state index contributed by atoms with van der Waals surface area (Å²) in [6.07, 6.45) is 4.26. The molecule has 0 amide bonds. The fourth-order valence-corrected chi connectivity index (χ4v) is 1.57. The lowest BCUT2D eigenvalue weighted by Crippen LogP contribution is -2.11. The van der Waals surface area contributed by atoms with Crippen molar-refractivity contribution < 1.29 is 4.74 Å². The second kappa shape index (κ2) is 7.41. The number of ether oxygens (including phenoxy) is 1. The minimum atomic E-state index is 0.752. The van der Waals surface area contributed by atoms with Crippen LogP contribution >= 0.6 is 0 Å². The molecular weight excluding hydrogens is 202 g/mol. The van der Waals surface area contributed by atoms with E-state index in [0.717, 1.165) is 32.7 Å². The van der Waals surface area contributed by atoms with E-state index in [2.05, 4.69) is 24.3 Å². The number of unbranched alkanes of at least 4 members (excludes halogenated alkanes) is 1. The van der Waals surface area contributed by atoms with Gasteiger partial charge < -0.3 is 10.1 Å². The molecule has 92 valence electrons. The third kappa shape index (κ3) is 3.94. The van der Waals surface area contributed by atoms with Gasteiger partial charge in [0.2, 0.25) is 0 Å². The maximum absolute atomic E-state index is 5.53. The van der Waals surface area contributed by atoms with Gasteiger partial charge in [-0.05, 0) is 20.4 Å². The summed E-state index contributed by atoms with van der Waals surface area (Å²) in [6, 6.07) is 0. The zero-order valence-corrected chi connectivity index (χ0v) is 10.6. The van der Waals surface area contributed by atoms with Crippen LogP contribution in [0.5, 0.6) is 0 Å². The predicted molar refractivity (Wildman–Crippen MR) is 65.5 cm³/mol. The summed E-state index contributed by atoms with van der Waals surface area (Å²) < 4.78 is 7.54. The fraction of sp³-hybridized carbons (Fsp3) is 0.750. The minimum absolute atomic E-state index is 0.752. The van der Waals surface area contributed by atoms with Gasteiger partial charge in [-0.1, -0.05) is 13.3 Å². The van der Waals surface area contributed by atoms with Crippen LogP contribution in [0.25, 0.3) is 0 Å². The Morgan fingerprint density at radius 1 is 1.44 bits per heavy atom. The molecule has 1 rings (SSSR count). The van der Waals surface area contributed by atoms with Crippen molar-refractivity contribution in [3.63, 3.8) is 0 Å². The van der Waals surface area contributed by atoms with E-state index in [-0.39, 0.29) is 0 Å². The summed E-state index contributed by atoms with van der Waals surface area (Å²) in [5.74, 6) is 0. The first kappa shape index (κ1) is 13.2. The lowest BCUT2D eigenvalue weighted by molar-refractivity contribution is 0.120. The molecule has 4 heteroatoms. The van der Waals surface area contributed by atoms with Gasteiger partial charge in [0.1, 0.15) is 0 Å². The summed E-state index contributed by atoms with van der Waals surface area (Å²) in [7, 11) is 1.95. The maximum Gasteiger partial charge on any atom is 0.0662 e. The van der Waals surface area contributed by atoms with Crippen molar-refractivity contribution in [3.05, 3.63) is 17.5 Å². The number of nitrogens with zero attached hydrogens (tertiary/aromatic N) is 2. The van der Waals surface area contributed by atoms with E-state index in [1.807, 2.05) is 17.9 Å². The molecular formula is C12H23N3O. The second-order valence-corrected chi connectivity index (χ2v) is 3.97. The Balaban J connectivity index is 2.31. The van der Waals surface area contributed by atoms with Crippen LogP contribution in [0.1, 0.15) is 31.0 Å². The Labute approximate surface area is 98.0 Å². The van der Waals surface area contributed by atoms with Crippen LogP contribution in [0.3, 0.4) is 0 Å². The molecule has 0 aliphatic carbocycles. The van der Waals surface area contributed by atoms with Crippen molar-refractivity contribution in [3.8, 4) is 0 Å². The molecule has 0 aromatic carbocycles. The normalized spacial score (nSPS) is 10.9. The van der Waals surface area contributed by atoms with Gasteiger partial charge >= 0.3 is 0 Å². The molecule has 16 heavy (non-hydrogen) atoms. The first-order valence-corrected chi connectivity index (χ1v) is 6.03. The van der Waals surface area contributed by atoms with Gasteiger partial charge in [-0.15, -0.1) is 0 Å². The van der Waals surface area contributed by atoms with Gasteiger partial charge in [-0.25, -0.2) is 0 Å². The van der Waals surface area contributed by atoms with Gasteiger partial charge in [0.15, 0.2) is 0 Å². The quantitative estimate of drug-likeness (QED) is 0.685. The highest BCUT2D eigenvalue weighted by Gasteiger charge is 2.04. The maximum atomic E-state index is 5.53. The zero-order chi connectivity index (χ0) is 11.8. The SMILES string of the molecule is CCCCOCCn1ncc(CNC)c1C. The molecule has 0 spiro atoms. The first-order valence-electron chi connectivity index (χ1n) is 6.03. The predicted octanol–water partition coefficient (Wildman–Crippen LogP) is 1.73. The summed E-state index contributed by atoms with van der Waals surface area (Å²) >= 11 is 0. The molecule has 0 saturated heterocycles. The van der Waals surface area contributed by atoms with Crippen LogP contribution in [0.15, 0.2) is 6.20 Å². The summed E-state index contributed by atoms with van der Waals surface area (Å²) in [6.45, 7) is 7.61. The highest BCUT2D eigenvalue weighted by Crippen LogP contribution is 2.06. The van der Waals surface area contributed by atoms with Crippen LogP contribution in [0, 0.1) is 6.92 Å². The smallest absolute Gasteiger partial charge is 0.0662 e. The van der Waals surface area contributed by atoms with Gasteiger partial charge in [0.05, 0.1) is 19.3 Å². The van der Waals surface area contributed by atoms with E-state index in [4.69, 9.17) is 4.74 Å². The molecule has 0 fully saturated rings. The van der Waals surface area contributed by atoms with Gasteiger partial charge in [-0.3, -0.25) is 4.68 Å². The molecule has 1 N–H and O–H groups in total. The standard InChI is InChI=1S/C12H23N3O/c1-4-5-7-16-8-6-15-11(2)12(9-13-3)10-14-15/h10,13H,4-9H2,1-3H3. The molecule has 0 radical (unpaired) electrons. The van der Waals surface area contributed by atoms with Gasteiger partial charge in [0.25, 0.3) is 0 Å².